The molecule has 80 heavy (non-hydrogen) atoms. The van der Waals surface area contributed by atoms with Crippen molar-refractivity contribution in [3.63, 3.8) is 0 Å². The molecular formula is C53H83N11O16. The highest BCUT2D eigenvalue weighted by atomic mass is 16.6. The van der Waals surface area contributed by atoms with Crippen molar-refractivity contribution in [3.05, 3.63) is 35.9 Å². The number of carboxylic acid groups (broad SMARTS) is 1. The van der Waals surface area contributed by atoms with Crippen molar-refractivity contribution < 1.29 is 76.9 Å². The van der Waals surface area contributed by atoms with Crippen molar-refractivity contribution in [2.75, 3.05) is 80.6 Å². The van der Waals surface area contributed by atoms with Crippen molar-refractivity contribution in [1.29, 1.82) is 0 Å². The minimum absolute atomic E-state index is 0.0536. The molecule has 1 aromatic carbocycles. The van der Waals surface area contributed by atoms with Crippen LogP contribution in [0.25, 0.3) is 0 Å². The predicted molar refractivity (Wildman–Crippen MR) is 287 cm³/mol. The first kappa shape index (κ1) is 66.7. The van der Waals surface area contributed by atoms with E-state index >= 15 is 0 Å². The molecule has 0 saturated carbocycles. The molecule has 27 heteroatoms. The lowest BCUT2D eigenvalue weighted by Crippen LogP contribution is -2.61. The molecule has 7 N–H and O–H groups in total. The Kier molecular flexibility index (Phi) is 26.1. The number of carbonyl (C=O) groups excluding carboxylic acids is 11. The third-order valence-electron chi connectivity index (χ3n) is 13.4. The van der Waals surface area contributed by atoms with Crippen LogP contribution in [0, 0.1) is 11.8 Å². The first-order valence-electron chi connectivity index (χ1n) is 26.7. The number of hydrogen-bond donors (Lipinski definition) is 6. The maximum atomic E-state index is 14.5. The van der Waals surface area contributed by atoms with Gasteiger partial charge in [0.2, 0.25) is 47.3 Å². The van der Waals surface area contributed by atoms with E-state index in [-0.39, 0.29) is 45.6 Å². The Balaban J connectivity index is 1.73. The third-order valence-corrected chi connectivity index (χ3v) is 13.4. The fourth-order valence-corrected chi connectivity index (χ4v) is 9.10. The molecule has 0 aromatic heterocycles. The zero-order valence-corrected chi connectivity index (χ0v) is 47.9. The van der Waals surface area contributed by atoms with Crippen LogP contribution >= 0.6 is 0 Å². The quantitative estimate of drug-likeness (QED) is 0.0538. The Morgan fingerprint density at radius 1 is 0.662 bits per heavy atom. The van der Waals surface area contributed by atoms with Gasteiger partial charge in [0.25, 0.3) is 0 Å². The van der Waals surface area contributed by atoms with Crippen LogP contribution in [0.4, 0.5) is 9.59 Å². The van der Waals surface area contributed by atoms with Gasteiger partial charge in [0.1, 0.15) is 55.1 Å². The van der Waals surface area contributed by atoms with Gasteiger partial charge in [-0.1, -0.05) is 58.0 Å². The maximum absolute atomic E-state index is 14.5. The zero-order valence-electron chi connectivity index (χ0n) is 47.9. The van der Waals surface area contributed by atoms with Gasteiger partial charge in [-0.3, -0.25) is 38.4 Å². The SMILES string of the molecule is CC(C)[C@@H](C(=O)NC[C@@H](NC(=O)OCc1ccccc1)C(=O)N1CCCC[C@H]1C(=O)NCC(=O)N(C)CC(=O)N(C)[C@H](C(=O)OC[C@@H](NC(=O)OC(C)(C)C)C(=O)N1CCCC[C@H]1C(=O)O)C(C)C)N(C)C(=O)CN(C)C(=O)CN. The van der Waals surface area contributed by atoms with Crippen molar-refractivity contribution >= 4 is 71.4 Å². The molecule has 6 atom stereocenters. The van der Waals surface area contributed by atoms with E-state index < -0.39 is 151 Å². The second kappa shape index (κ2) is 31.3. The summed E-state index contributed by atoms with van der Waals surface area (Å²) in [6.45, 7) is 8.29. The van der Waals surface area contributed by atoms with Gasteiger partial charge in [0.15, 0.2) is 0 Å². The number of esters is 1. The van der Waals surface area contributed by atoms with Gasteiger partial charge in [-0.15, -0.1) is 0 Å². The van der Waals surface area contributed by atoms with E-state index in [0.717, 1.165) is 19.6 Å². The number of rotatable bonds is 25. The maximum Gasteiger partial charge on any atom is 0.408 e. The van der Waals surface area contributed by atoms with Gasteiger partial charge < -0.3 is 75.7 Å². The van der Waals surface area contributed by atoms with E-state index in [0.29, 0.717) is 31.2 Å². The van der Waals surface area contributed by atoms with E-state index in [1.165, 1.54) is 38.0 Å². The van der Waals surface area contributed by atoms with Gasteiger partial charge in [-0.25, -0.2) is 19.2 Å². The van der Waals surface area contributed by atoms with E-state index in [2.05, 4.69) is 21.3 Å². The Morgan fingerprint density at radius 2 is 1.18 bits per heavy atom. The summed E-state index contributed by atoms with van der Waals surface area (Å²) in [7, 11) is 5.39. The molecule has 2 aliphatic heterocycles. The summed E-state index contributed by atoms with van der Waals surface area (Å²) in [5.41, 5.74) is 5.11. The molecule has 0 aliphatic carbocycles. The number of piperidine rings is 2. The lowest BCUT2D eigenvalue weighted by molar-refractivity contribution is -0.160. The number of carbonyl (C=O) groups is 12. The number of carboxylic acids is 1. The smallest absolute Gasteiger partial charge is 0.408 e. The van der Waals surface area contributed by atoms with Crippen molar-refractivity contribution in [2.45, 2.75) is 135 Å². The number of nitrogens with two attached hydrogens (primary N) is 1. The molecule has 2 aliphatic rings. The standard InChI is InChI=1S/C53H83N11O16/c1-32(2)43(61(10)41(67)28-59(8)39(65)25-54)46(70)55-26-35(57-51(76)79-30-34-19-13-12-14-20-34)47(71)63-23-17-15-21-37(63)45(69)56-27-40(66)60(9)29-42(68)62(11)44(33(3)4)50(75)78-31-36(58-52(77)80-53(5,6)7)48(72)64-24-18-16-22-38(64)49(73)74/h12-14,19-20,32-33,35-38,43-44H,15-18,21-31,54H2,1-11H3,(H,55,70)(H,56,69)(H,57,76)(H,58,77)(H,73,74)/t35-,36-,37+,38+,43+,44+/m1/s1. The number of nitrogens with one attached hydrogen (secondary N) is 4. The van der Waals surface area contributed by atoms with Gasteiger partial charge in [-0.2, -0.15) is 0 Å². The molecule has 0 bridgehead atoms. The second-order valence-electron chi connectivity index (χ2n) is 21.6. The van der Waals surface area contributed by atoms with Crippen LogP contribution in [0.1, 0.15) is 92.6 Å². The first-order chi connectivity index (χ1) is 37.5. The summed E-state index contributed by atoms with van der Waals surface area (Å²) >= 11 is 0. The number of aliphatic carboxylic acids is 1. The van der Waals surface area contributed by atoms with Crippen LogP contribution in [0.15, 0.2) is 30.3 Å². The van der Waals surface area contributed by atoms with E-state index in [1.54, 1.807) is 78.8 Å². The minimum atomic E-state index is -1.55. The number of benzene rings is 1. The predicted octanol–water partition coefficient (Wildman–Crippen LogP) is -0.361. The summed E-state index contributed by atoms with van der Waals surface area (Å²) in [4.78, 5) is 167. The summed E-state index contributed by atoms with van der Waals surface area (Å²) in [5.74, 6) is -8.74. The number of hydrogen-bond acceptors (Lipinski definition) is 16. The zero-order chi connectivity index (χ0) is 60.2. The van der Waals surface area contributed by atoms with Crippen molar-refractivity contribution in [1.82, 2.24) is 50.7 Å². The fraction of sp³-hybridized carbons (Fsp3) is 0.660. The second-order valence-corrected chi connectivity index (χ2v) is 21.6. The Bertz CT molecular complexity index is 2370. The fourth-order valence-electron chi connectivity index (χ4n) is 9.10. The van der Waals surface area contributed by atoms with E-state index in [4.69, 9.17) is 19.9 Å². The van der Waals surface area contributed by atoms with Gasteiger partial charge >= 0.3 is 24.1 Å². The average Bonchev–Trinajstić information content (AvgIpc) is 3.40. The number of nitrogens with zero attached hydrogens (tertiary/aromatic N) is 6. The average molecular weight is 1130 g/mol. The normalized spacial score (nSPS) is 16.8. The van der Waals surface area contributed by atoms with Gasteiger partial charge in [-0.05, 0) is 76.7 Å². The molecule has 2 saturated heterocycles. The summed E-state index contributed by atoms with van der Waals surface area (Å²) in [6.07, 6.45) is 0.348. The lowest BCUT2D eigenvalue weighted by atomic mass is 9.99. The topological polar surface area (TPSA) is 346 Å². The van der Waals surface area contributed by atoms with Crippen LogP contribution in [0.2, 0.25) is 0 Å². The first-order valence-corrected chi connectivity index (χ1v) is 26.7. The van der Waals surface area contributed by atoms with Crippen LogP contribution in [0.5, 0.6) is 0 Å². The van der Waals surface area contributed by atoms with Gasteiger partial charge in [0.05, 0.1) is 26.2 Å². The molecular weight excluding hydrogens is 1050 g/mol. The lowest BCUT2D eigenvalue weighted by Gasteiger charge is -2.37. The minimum Gasteiger partial charge on any atom is -0.480 e. The number of likely N-dealkylation sites (N-methyl/N-ethyl adjacent to an activating group) is 4. The van der Waals surface area contributed by atoms with Crippen LogP contribution in [-0.4, -0.2) is 228 Å². The summed E-state index contributed by atoms with van der Waals surface area (Å²) in [5, 5.41) is 19.9. The Labute approximate surface area is 467 Å². The largest absolute Gasteiger partial charge is 0.480 e. The van der Waals surface area contributed by atoms with E-state index in [1.807, 2.05) is 0 Å². The highest BCUT2D eigenvalue weighted by Gasteiger charge is 2.41. The molecule has 2 heterocycles. The molecule has 446 valence electrons. The van der Waals surface area contributed by atoms with E-state index in [9.17, 15) is 62.6 Å². The molecule has 0 unspecified atom stereocenters. The number of likely N-dealkylation sites (tertiary alicyclic amines) is 2. The molecule has 0 spiro atoms. The van der Waals surface area contributed by atoms with Crippen molar-refractivity contribution in [3.8, 4) is 0 Å². The van der Waals surface area contributed by atoms with Crippen LogP contribution in [-0.2, 0) is 68.8 Å². The highest BCUT2D eigenvalue weighted by molar-refractivity contribution is 5.95. The van der Waals surface area contributed by atoms with Crippen molar-refractivity contribution in [2.24, 2.45) is 17.6 Å². The Hall–Kier alpha value is -7.58. The monoisotopic (exact) mass is 1130 g/mol. The van der Waals surface area contributed by atoms with Gasteiger partial charge in [0, 0.05) is 47.8 Å². The number of alkyl carbamates (subject to hydrolysis) is 2. The molecule has 3 rings (SSSR count). The molecule has 2 fully saturated rings. The molecule has 27 nitrogen and oxygen atoms in total. The number of amides is 10. The Morgan fingerprint density at radius 3 is 1.71 bits per heavy atom. The highest BCUT2D eigenvalue weighted by Crippen LogP contribution is 2.22. The van der Waals surface area contributed by atoms with Crippen LogP contribution < -0.4 is 27.0 Å². The number of ether oxygens (including phenoxy) is 3. The molecule has 1 aromatic rings. The summed E-state index contributed by atoms with van der Waals surface area (Å²) in [6, 6.07) is 0.988. The third kappa shape index (κ3) is 20.3. The molecule has 0 radical (unpaired) electrons. The molecule has 10 amide bonds. The summed E-state index contributed by atoms with van der Waals surface area (Å²) < 4.78 is 16.3. The van der Waals surface area contributed by atoms with Crippen LogP contribution in [0.3, 0.4) is 0 Å².